The zero-order valence-corrected chi connectivity index (χ0v) is 16.1. The van der Waals surface area contributed by atoms with Gasteiger partial charge in [-0.3, -0.25) is 9.59 Å². The summed E-state index contributed by atoms with van der Waals surface area (Å²) >= 11 is 0. The number of carbonyl (C=O) groups excluding carboxylic acids is 2. The highest BCUT2D eigenvalue weighted by atomic mass is 16.6. The summed E-state index contributed by atoms with van der Waals surface area (Å²) in [4.78, 5) is 32.3. The first-order valence-corrected chi connectivity index (χ1v) is 9.75. The summed E-state index contributed by atoms with van der Waals surface area (Å²) in [6, 6.07) is 16.9. The van der Waals surface area contributed by atoms with Crippen LogP contribution >= 0.6 is 0 Å². The molecule has 1 N–H and O–H groups in total. The van der Waals surface area contributed by atoms with E-state index in [1.165, 1.54) is 12.5 Å². The smallest absolute Gasteiger partial charge is 0.268 e. The molecule has 2 amide bonds. The molecule has 0 saturated carbocycles. The highest BCUT2D eigenvalue weighted by molar-refractivity contribution is 6.08. The SMILES string of the molecule is O=C(Nc1ccc2c(c1)CCN2C(=O)c1ccoc1)[C@H]1CC(c2ccccc2)=NO1. The molecule has 3 aromatic rings. The predicted molar refractivity (Wildman–Crippen MR) is 112 cm³/mol. The molecular weight excluding hydrogens is 382 g/mol. The highest BCUT2D eigenvalue weighted by Crippen LogP contribution is 2.32. The van der Waals surface area contributed by atoms with Crippen LogP contribution in [0.3, 0.4) is 0 Å². The van der Waals surface area contributed by atoms with Crippen molar-refractivity contribution in [1.29, 1.82) is 0 Å². The van der Waals surface area contributed by atoms with Crippen LogP contribution in [0.1, 0.15) is 27.9 Å². The molecule has 0 radical (unpaired) electrons. The lowest BCUT2D eigenvalue weighted by Crippen LogP contribution is -2.28. The third kappa shape index (κ3) is 3.34. The summed E-state index contributed by atoms with van der Waals surface area (Å²) < 4.78 is 5.01. The quantitative estimate of drug-likeness (QED) is 0.724. The number of hydrogen-bond acceptors (Lipinski definition) is 5. The van der Waals surface area contributed by atoms with Crippen LogP contribution < -0.4 is 10.2 Å². The predicted octanol–water partition coefficient (Wildman–Crippen LogP) is 3.61. The van der Waals surface area contributed by atoms with E-state index >= 15 is 0 Å². The van der Waals surface area contributed by atoms with E-state index in [1.54, 1.807) is 17.0 Å². The van der Waals surface area contributed by atoms with Gasteiger partial charge in [0.15, 0.2) is 0 Å². The molecule has 2 aliphatic heterocycles. The third-order valence-corrected chi connectivity index (χ3v) is 5.32. The molecule has 150 valence electrons. The third-order valence-electron chi connectivity index (χ3n) is 5.32. The van der Waals surface area contributed by atoms with Crippen molar-refractivity contribution in [3.05, 3.63) is 83.8 Å². The Balaban J connectivity index is 1.25. The standard InChI is InChI=1S/C23H19N3O4/c27-22(21-13-19(25-30-21)15-4-2-1-3-5-15)24-18-6-7-20-16(12-18)8-10-26(20)23(28)17-9-11-29-14-17/h1-7,9,11-12,14,21H,8,10,13H2,(H,24,27)/t21-/m1/s1. The number of fused-ring (bicyclic) bond motifs is 1. The van der Waals surface area contributed by atoms with Crippen molar-refractivity contribution >= 4 is 28.9 Å². The van der Waals surface area contributed by atoms with Gasteiger partial charge in [0.2, 0.25) is 6.10 Å². The first-order chi connectivity index (χ1) is 14.7. The average Bonchev–Trinajstić information content (AvgIpc) is 3.54. The topological polar surface area (TPSA) is 84.1 Å². The summed E-state index contributed by atoms with van der Waals surface area (Å²) in [5.74, 6) is -0.335. The Labute approximate surface area is 172 Å². The van der Waals surface area contributed by atoms with Gasteiger partial charge < -0.3 is 19.5 Å². The molecule has 1 atom stereocenters. The van der Waals surface area contributed by atoms with E-state index in [-0.39, 0.29) is 11.8 Å². The zero-order chi connectivity index (χ0) is 20.5. The van der Waals surface area contributed by atoms with Crippen molar-refractivity contribution in [3.8, 4) is 0 Å². The van der Waals surface area contributed by atoms with Gasteiger partial charge in [0.25, 0.3) is 11.8 Å². The Morgan fingerprint density at radius 3 is 2.77 bits per heavy atom. The molecule has 0 aliphatic carbocycles. The number of nitrogens with zero attached hydrogens (tertiary/aromatic N) is 2. The van der Waals surface area contributed by atoms with Crippen LogP contribution in [0.5, 0.6) is 0 Å². The molecule has 2 aliphatic rings. The second-order valence-electron chi connectivity index (χ2n) is 7.25. The Morgan fingerprint density at radius 1 is 1.10 bits per heavy atom. The summed E-state index contributed by atoms with van der Waals surface area (Å²) in [6.07, 6.45) is 3.42. The van der Waals surface area contributed by atoms with Gasteiger partial charge in [-0.15, -0.1) is 0 Å². The summed E-state index contributed by atoms with van der Waals surface area (Å²) in [5, 5.41) is 6.97. The van der Waals surface area contributed by atoms with Crippen molar-refractivity contribution < 1.29 is 18.8 Å². The molecule has 7 nitrogen and oxygen atoms in total. The molecule has 1 aromatic heterocycles. The van der Waals surface area contributed by atoms with E-state index in [1.807, 2.05) is 42.5 Å². The van der Waals surface area contributed by atoms with Crippen LogP contribution in [0, 0.1) is 0 Å². The fourth-order valence-corrected chi connectivity index (χ4v) is 3.77. The highest BCUT2D eigenvalue weighted by Gasteiger charge is 2.30. The molecule has 7 heteroatoms. The maximum absolute atomic E-state index is 12.6. The maximum atomic E-state index is 12.6. The fraction of sp³-hybridized carbons (Fsp3) is 0.174. The van der Waals surface area contributed by atoms with Crippen molar-refractivity contribution in [2.75, 3.05) is 16.8 Å². The monoisotopic (exact) mass is 401 g/mol. The second-order valence-corrected chi connectivity index (χ2v) is 7.25. The van der Waals surface area contributed by atoms with Crippen LogP contribution in [-0.2, 0) is 16.1 Å². The van der Waals surface area contributed by atoms with Gasteiger partial charge in [0, 0.05) is 24.3 Å². The van der Waals surface area contributed by atoms with E-state index in [4.69, 9.17) is 9.25 Å². The zero-order valence-electron chi connectivity index (χ0n) is 16.1. The number of carbonyl (C=O) groups is 2. The van der Waals surface area contributed by atoms with Crippen LogP contribution in [0.25, 0.3) is 0 Å². The van der Waals surface area contributed by atoms with Crippen molar-refractivity contribution in [3.63, 3.8) is 0 Å². The molecule has 0 fully saturated rings. The number of furan rings is 1. The van der Waals surface area contributed by atoms with Gasteiger partial charge >= 0.3 is 0 Å². The lowest BCUT2D eigenvalue weighted by molar-refractivity contribution is -0.125. The van der Waals surface area contributed by atoms with Gasteiger partial charge in [-0.2, -0.15) is 0 Å². The lowest BCUT2D eigenvalue weighted by atomic mass is 10.0. The summed E-state index contributed by atoms with van der Waals surface area (Å²) in [7, 11) is 0. The number of benzene rings is 2. The molecule has 5 rings (SSSR count). The van der Waals surface area contributed by atoms with E-state index in [0.717, 1.165) is 28.9 Å². The first kappa shape index (κ1) is 18.2. The van der Waals surface area contributed by atoms with Crippen molar-refractivity contribution in [1.82, 2.24) is 0 Å². The van der Waals surface area contributed by atoms with Crippen LogP contribution in [0.2, 0.25) is 0 Å². The number of rotatable bonds is 4. The van der Waals surface area contributed by atoms with Gasteiger partial charge in [-0.05, 0) is 41.8 Å². The van der Waals surface area contributed by atoms with Gasteiger partial charge in [-0.25, -0.2) is 0 Å². The van der Waals surface area contributed by atoms with E-state index in [2.05, 4.69) is 10.5 Å². The van der Waals surface area contributed by atoms with Gasteiger partial charge in [0.1, 0.15) is 6.26 Å². The molecule has 30 heavy (non-hydrogen) atoms. The molecule has 0 unspecified atom stereocenters. The number of oxime groups is 1. The summed E-state index contributed by atoms with van der Waals surface area (Å²) in [5.41, 5.74) is 4.77. The van der Waals surface area contributed by atoms with Crippen LogP contribution in [0.15, 0.2) is 76.7 Å². The number of anilines is 2. The lowest BCUT2D eigenvalue weighted by Gasteiger charge is -2.17. The largest absolute Gasteiger partial charge is 0.472 e. The Hall–Kier alpha value is -3.87. The Morgan fingerprint density at radius 2 is 1.97 bits per heavy atom. The van der Waals surface area contributed by atoms with Gasteiger partial charge in [0.05, 0.1) is 17.5 Å². The minimum absolute atomic E-state index is 0.0933. The second kappa shape index (κ2) is 7.51. The van der Waals surface area contributed by atoms with Crippen molar-refractivity contribution in [2.45, 2.75) is 18.9 Å². The van der Waals surface area contributed by atoms with Crippen LogP contribution in [0.4, 0.5) is 11.4 Å². The minimum Gasteiger partial charge on any atom is -0.472 e. The normalized spacial score (nSPS) is 17.3. The molecular formula is C23H19N3O4. The van der Waals surface area contributed by atoms with Crippen LogP contribution in [-0.4, -0.2) is 30.2 Å². The molecule has 0 spiro atoms. The maximum Gasteiger partial charge on any atom is 0.268 e. The van der Waals surface area contributed by atoms with Gasteiger partial charge in [-0.1, -0.05) is 35.5 Å². The molecule has 3 heterocycles. The first-order valence-electron chi connectivity index (χ1n) is 9.75. The molecule has 2 aromatic carbocycles. The number of amides is 2. The Kier molecular flexibility index (Phi) is 4.55. The number of hydrogen-bond donors (Lipinski definition) is 1. The van der Waals surface area contributed by atoms with E-state index in [9.17, 15) is 9.59 Å². The van der Waals surface area contributed by atoms with E-state index < -0.39 is 6.10 Å². The summed E-state index contributed by atoms with van der Waals surface area (Å²) in [6.45, 7) is 0.594. The van der Waals surface area contributed by atoms with E-state index in [0.29, 0.717) is 24.2 Å². The fourth-order valence-electron chi connectivity index (χ4n) is 3.77. The number of nitrogens with one attached hydrogen (secondary N) is 1. The molecule has 0 bridgehead atoms. The minimum atomic E-state index is -0.660. The Bertz CT molecular complexity index is 1120. The molecule has 0 saturated heterocycles. The average molecular weight is 401 g/mol. The van der Waals surface area contributed by atoms with Crippen molar-refractivity contribution in [2.24, 2.45) is 5.16 Å².